The zero-order chi connectivity index (χ0) is 18.6. The van der Waals surface area contributed by atoms with Crippen molar-refractivity contribution in [2.24, 2.45) is 0 Å². The van der Waals surface area contributed by atoms with Crippen LogP contribution >= 0.6 is 11.3 Å². The highest BCUT2D eigenvalue weighted by molar-refractivity contribution is 7.17. The van der Waals surface area contributed by atoms with Gasteiger partial charge in [-0.1, -0.05) is 0 Å². The lowest BCUT2D eigenvalue weighted by Crippen LogP contribution is -2.42. The van der Waals surface area contributed by atoms with E-state index in [1.807, 2.05) is 20.8 Å². The maximum Gasteiger partial charge on any atom is 0.266 e. The Morgan fingerprint density at radius 3 is 2.48 bits per heavy atom. The van der Waals surface area contributed by atoms with Crippen molar-refractivity contribution in [2.75, 3.05) is 13.1 Å². The number of thiazole rings is 1. The van der Waals surface area contributed by atoms with Crippen molar-refractivity contribution in [1.82, 2.24) is 15.2 Å². The van der Waals surface area contributed by atoms with Crippen molar-refractivity contribution < 1.29 is 14.0 Å². The van der Waals surface area contributed by atoms with Crippen LogP contribution in [0.1, 0.15) is 36.1 Å². The van der Waals surface area contributed by atoms with Crippen LogP contribution in [0.5, 0.6) is 0 Å². The van der Waals surface area contributed by atoms with Crippen molar-refractivity contribution in [1.29, 1.82) is 0 Å². The molecular formula is C18H22FN3O2S. The average molecular weight is 363 g/mol. The van der Waals surface area contributed by atoms with E-state index in [1.165, 1.54) is 28.4 Å². The summed E-state index contributed by atoms with van der Waals surface area (Å²) in [5, 5.41) is 3.44. The van der Waals surface area contributed by atoms with Crippen molar-refractivity contribution in [3.8, 4) is 10.6 Å². The van der Waals surface area contributed by atoms with Crippen LogP contribution in [-0.2, 0) is 4.79 Å². The molecule has 1 aromatic heterocycles. The summed E-state index contributed by atoms with van der Waals surface area (Å²) in [7, 11) is 0. The van der Waals surface area contributed by atoms with Crippen molar-refractivity contribution in [2.45, 2.75) is 33.7 Å². The lowest BCUT2D eigenvalue weighted by molar-refractivity contribution is -0.122. The van der Waals surface area contributed by atoms with Crippen LogP contribution in [0.15, 0.2) is 24.3 Å². The summed E-state index contributed by atoms with van der Waals surface area (Å²) in [5.41, 5.74) is 1.37. The third-order valence-electron chi connectivity index (χ3n) is 3.54. The molecule has 0 atom stereocenters. The molecule has 0 unspecified atom stereocenters. The van der Waals surface area contributed by atoms with Crippen LogP contribution in [0.4, 0.5) is 4.39 Å². The van der Waals surface area contributed by atoms with Gasteiger partial charge < -0.3 is 10.2 Å². The molecule has 5 nitrogen and oxygen atoms in total. The summed E-state index contributed by atoms with van der Waals surface area (Å²) in [6, 6.07) is 6.02. The van der Waals surface area contributed by atoms with Gasteiger partial charge in [-0.05, 0) is 52.0 Å². The zero-order valence-corrected chi connectivity index (χ0v) is 15.6. The third kappa shape index (κ3) is 4.85. The van der Waals surface area contributed by atoms with Crippen LogP contribution < -0.4 is 5.32 Å². The topological polar surface area (TPSA) is 62.3 Å². The second-order valence-corrected chi connectivity index (χ2v) is 6.98. The van der Waals surface area contributed by atoms with Gasteiger partial charge in [0.15, 0.2) is 0 Å². The number of carbonyl (C=O) groups excluding carboxylic acids is 2. The zero-order valence-electron chi connectivity index (χ0n) is 14.8. The fraction of sp³-hybridized carbons (Fsp3) is 0.389. The minimum absolute atomic E-state index is 0.0106. The molecule has 1 N–H and O–H groups in total. The summed E-state index contributed by atoms with van der Waals surface area (Å²) in [5.74, 6) is -0.724. The Bertz CT molecular complexity index is 756. The molecule has 1 aromatic carbocycles. The molecule has 0 fully saturated rings. The second-order valence-electron chi connectivity index (χ2n) is 5.98. The standard InChI is InChI=1S/C18H22FN3O2S/c1-5-22(10-15(23)20-11(2)3)18(24)16-12(4)21-17(25-16)13-6-8-14(19)9-7-13/h6-9,11H,5,10H2,1-4H3,(H,20,23). The number of nitrogens with one attached hydrogen (secondary N) is 1. The molecule has 0 spiro atoms. The number of carbonyl (C=O) groups is 2. The number of likely N-dealkylation sites (N-methyl/N-ethyl adjacent to an activating group) is 1. The first-order chi connectivity index (χ1) is 11.8. The van der Waals surface area contributed by atoms with E-state index >= 15 is 0 Å². The SMILES string of the molecule is CCN(CC(=O)NC(C)C)C(=O)c1sc(-c2ccc(F)cc2)nc1C. The number of halogens is 1. The van der Waals surface area contributed by atoms with Gasteiger partial charge in [-0.3, -0.25) is 9.59 Å². The number of hydrogen-bond donors (Lipinski definition) is 1. The molecule has 25 heavy (non-hydrogen) atoms. The fourth-order valence-corrected chi connectivity index (χ4v) is 3.36. The minimum atomic E-state index is -0.318. The Kier molecular flexibility index (Phi) is 6.25. The predicted molar refractivity (Wildman–Crippen MR) is 97.1 cm³/mol. The number of nitrogens with zero attached hydrogens (tertiary/aromatic N) is 2. The molecule has 0 bridgehead atoms. The molecule has 2 amide bonds. The van der Waals surface area contributed by atoms with E-state index in [9.17, 15) is 14.0 Å². The van der Waals surface area contributed by atoms with Gasteiger partial charge in [0.2, 0.25) is 5.91 Å². The maximum absolute atomic E-state index is 13.1. The van der Waals surface area contributed by atoms with Gasteiger partial charge in [0.05, 0.1) is 12.2 Å². The van der Waals surface area contributed by atoms with Crippen molar-refractivity contribution in [3.05, 3.63) is 40.7 Å². The number of aromatic nitrogens is 1. The normalized spacial score (nSPS) is 10.8. The predicted octanol–water partition coefficient (Wildman–Crippen LogP) is 3.24. The first kappa shape index (κ1) is 19.1. The summed E-state index contributed by atoms with van der Waals surface area (Å²) in [4.78, 5) is 31.1. The van der Waals surface area contributed by atoms with Crippen LogP contribution in [-0.4, -0.2) is 40.8 Å². The first-order valence-electron chi connectivity index (χ1n) is 8.13. The number of rotatable bonds is 6. The van der Waals surface area contributed by atoms with Gasteiger partial charge in [-0.25, -0.2) is 9.37 Å². The maximum atomic E-state index is 13.1. The Morgan fingerprint density at radius 2 is 1.92 bits per heavy atom. The Balaban J connectivity index is 2.20. The lowest BCUT2D eigenvalue weighted by Gasteiger charge is -2.20. The molecule has 7 heteroatoms. The Morgan fingerprint density at radius 1 is 1.28 bits per heavy atom. The monoisotopic (exact) mass is 363 g/mol. The molecule has 0 saturated heterocycles. The molecule has 0 radical (unpaired) electrons. The lowest BCUT2D eigenvalue weighted by atomic mass is 10.2. The third-order valence-corrected chi connectivity index (χ3v) is 4.73. The number of hydrogen-bond acceptors (Lipinski definition) is 4. The van der Waals surface area contributed by atoms with Gasteiger partial charge in [0.1, 0.15) is 15.7 Å². The summed E-state index contributed by atoms with van der Waals surface area (Å²) >= 11 is 1.25. The van der Waals surface area contributed by atoms with Crippen LogP contribution in [0.2, 0.25) is 0 Å². The number of amides is 2. The molecule has 2 aromatic rings. The molecule has 0 aliphatic rings. The molecule has 134 valence electrons. The summed E-state index contributed by atoms with van der Waals surface area (Å²) < 4.78 is 13.1. The van der Waals surface area contributed by atoms with E-state index in [2.05, 4.69) is 10.3 Å². The largest absolute Gasteiger partial charge is 0.352 e. The van der Waals surface area contributed by atoms with Crippen LogP contribution in [0.3, 0.4) is 0 Å². The smallest absolute Gasteiger partial charge is 0.266 e. The van der Waals surface area contributed by atoms with Crippen LogP contribution in [0.25, 0.3) is 10.6 Å². The molecule has 2 rings (SSSR count). The first-order valence-corrected chi connectivity index (χ1v) is 8.95. The van der Waals surface area contributed by atoms with Gasteiger partial charge in [-0.2, -0.15) is 0 Å². The van der Waals surface area contributed by atoms with E-state index < -0.39 is 0 Å². The summed E-state index contributed by atoms with van der Waals surface area (Å²) in [6.45, 7) is 7.78. The summed E-state index contributed by atoms with van der Waals surface area (Å²) in [6.07, 6.45) is 0. The molecule has 0 aliphatic carbocycles. The van der Waals surface area contributed by atoms with Gasteiger partial charge >= 0.3 is 0 Å². The minimum Gasteiger partial charge on any atom is -0.352 e. The Hall–Kier alpha value is -2.28. The molecule has 0 saturated carbocycles. The van der Waals surface area contributed by atoms with Gasteiger partial charge in [0, 0.05) is 18.2 Å². The van der Waals surface area contributed by atoms with Crippen molar-refractivity contribution in [3.63, 3.8) is 0 Å². The van der Waals surface area contributed by atoms with Gasteiger partial charge in [0.25, 0.3) is 5.91 Å². The quantitative estimate of drug-likeness (QED) is 0.857. The Labute approximate surface area is 150 Å². The fourth-order valence-electron chi connectivity index (χ4n) is 2.32. The number of aryl methyl sites for hydroxylation is 1. The van der Waals surface area contributed by atoms with Crippen LogP contribution in [0, 0.1) is 12.7 Å². The van der Waals surface area contributed by atoms with E-state index in [-0.39, 0.29) is 30.2 Å². The average Bonchev–Trinajstić information content (AvgIpc) is 2.93. The second kappa shape index (κ2) is 8.20. The van der Waals surface area contributed by atoms with E-state index in [1.54, 1.807) is 19.1 Å². The molecule has 1 heterocycles. The van der Waals surface area contributed by atoms with E-state index in [0.717, 1.165) is 5.56 Å². The van der Waals surface area contributed by atoms with Gasteiger partial charge in [-0.15, -0.1) is 11.3 Å². The van der Waals surface area contributed by atoms with E-state index in [0.29, 0.717) is 22.1 Å². The molecular weight excluding hydrogens is 341 g/mol. The highest BCUT2D eigenvalue weighted by atomic mass is 32.1. The number of benzene rings is 1. The highest BCUT2D eigenvalue weighted by Gasteiger charge is 2.23. The molecule has 0 aliphatic heterocycles. The highest BCUT2D eigenvalue weighted by Crippen LogP contribution is 2.29. The van der Waals surface area contributed by atoms with Crippen molar-refractivity contribution >= 4 is 23.2 Å². The van der Waals surface area contributed by atoms with E-state index in [4.69, 9.17) is 0 Å².